The summed E-state index contributed by atoms with van der Waals surface area (Å²) >= 11 is 0. The molecular formula is C27H32F3N5O3. The molecular weight excluding hydrogens is 499 g/mol. The van der Waals surface area contributed by atoms with Crippen molar-refractivity contribution in [3.05, 3.63) is 63.5 Å². The second kappa shape index (κ2) is 10.4. The van der Waals surface area contributed by atoms with Gasteiger partial charge in [0.25, 0.3) is 12.0 Å². The Morgan fingerprint density at radius 1 is 1.24 bits per heavy atom. The maximum Gasteiger partial charge on any atom is 0.266 e. The number of piperidine rings is 1. The minimum absolute atomic E-state index is 0.0440. The molecule has 1 N–H and O–H groups in total. The van der Waals surface area contributed by atoms with Gasteiger partial charge in [0.1, 0.15) is 29.2 Å². The van der Waals surface area contributed by atoms with Crippen molar-refractivity contribution in [1.82, 2.24) is 19.4 Å². The number of likely N-dealkylation sites (tertiary alicyclic amines) is 1. The SMILES string of the molecule is COC1(c2cc3c(N[C@H](C)c4cccc(C(F)F)c4F)ncnc3n(C)c2=O)C[C@@H](C)N(C(C)=O)C[C@H]1C. The smallest absolute Gasteiger partial charge is 0.266 e. The molecule has 8 nitrogen and oxygen atoms in total. The Morgan fingerprint density at radius 3 is 2.55 bits per heavy atom. The average Bonchev–Trinajstić information content (AvgIpc) is 2.87. The first-order valence-corrected chi connectivity index (χ1v) is 12.4. The van der Waals surface area contributed by atoms with Crippen LogP contribution in [0.4, 0.5) is 19.0 Å². The van der Waals surface area contributed by atoms with Gasteiger partial charge >= 0.3 is 0 Å². The molecule has 0 saturated carbocycles. The topological polar surface area (TPSA) is 89.3 Å². The van der Waals surface area contributed by atoms with Gasteiger partial charge < -0.3 is 15.0 Å². The van der Waals surface area contributed by atoms with Crippen LogP contribution in [0, 0.1) is 11.7 Å². The number of hydrogen-bond acceptors (Lipinski definition) is 6. The quantitative estimate of drug-likeness (QED) is 0.496. The highest BCUT2D eigenvalue weighted by atomic mass is 19.3. The molecule has 0 spiro atoms. The summed E-state index contributed by atoms with van der Waals surface area (Å²) in [6, 6.07) is 4.68. The number of amides is 1. The number of aromatic nitrogens is 3. The molecule has 1 fully saturated rings. The highest BCUT2D eigenvalue weighted by Gasteiger charge is 2.48. The number of nitrogens with zero attached hydrogens (tertiary/aromatic N) is 4. The van der Waals surface area contributed by atoms with E-state index in [0.29, 0.717) is 35.4 Å². The number of pyridine rings is 1. The van der Waals surface area contributed by atoms with Crippen LogP contribution in [0.25, 0.3) is 11.0 Å². The predicted octanol–water partition coefficient (Wildman–Crippen LogP) is 4.70. The van der Waals surface area contributed by atoms with Crippen LogP contribution in [0.2, 0.25) is 0 Å². The number of carbonyl (C=O) groups excluding carboxylic acids is 1. The van der Waals surface area contributed by atoms with Crippen molar-refractivity contribution >= 4 is 22.8 Å². The van der Waals surface area contributed by atoms with E-state index in [1.807, 2.05) is 13.8 Å². The molecule has 0 radical (unpaired) electrons. The zero-order chi connectivity index (χ0) is 27.9. The number of ether oxygens (including phenoxy) is 1. The third kappa shape index (κ3) is 4.53. The standard InChI is InChI=1S/C27H32F3N5O3/c1-14-12-35(17(4)36)15(2)11-27(14,38-6)21-10-20-24(31-13-32-25(20)34(5)26(21)37)33-16(3)18-8-7-9-19(22(18)28)23(29)30/h7-10,13-16,23H,11-12H2,1-6H3,(H,31,32,33)/t14-,15-,16-,27?/m1/s1. The van der Waals surface area contributed by atoms with E-state index >= 15 is 0 Å². The zero-order valence-electron chi connectivity index (χ0n) is 22.3. The molecule has 11 heteroatoms. The number of hydrogen-bond donors (Lipinski definition) is 1. The van der Waals surface area contributed by atoms with E-state index in [-0.39, 0.29) is 29.0 Å². The van der Waals surface area contributed by atoms with Crippen LogP contribution in [0.15, 0.2) is 35.4 Å². The number of anilines is 1. The molecule has 1 aliphatic rings. The van der Waals surface area contributed by atoms with Gasteiger partial charge in [0.2, 0.25) is 5.91 Å². The van der Waals surface area contributed by atoms with Gasteiger partial charge in [-0.1, -0.05) is 25.1 Å². The lowest BCUT2D eigenvalue weighted by molar-refractivity contribution is -0.149. The average molecular weight is 532 g/mol. The number of carbonyl (C=O) groups is 1. The van der Waals surface area contributed by atoms with E-state index in [1.54, 1.807) is 32.0 Å². The van der Waals surface area contributed by atoms with Crippen LogP contribution in [-0.4, -0.2) is 45.0 Å². The monoisotopic (exact) mass is 531 g/mol. The molecule has 204 valence electrons. The van der Waals surface area contributed by atoms with Gasteiger partial charge in [0.05, 0.1) is 22.6 Å². The number of benzene rings is 1. The number of halogens is 3. The second-order valence-corrected chi connectivity index (χ2v) is 10.0. The van der Waals surface area contributed by atoms with Crippen LogP contribution in [-0.2, 0) is 22.2 Å². The van der Waals surface area contributed by atoms with E-state index in [1.165, 1.54) is 30.0 Å². The van der Waals surface area contributed by atoms with Crippen LogP contribution in [0.5, 0.6) is 0 Å². The molecule has 4 atom stereocenters. The number of aryl methyl sites for hydroxylation is 1. The summed E-state index contributed by atoms with van der Waals surface area (Å²) in [6.07, 6.45) is -1.25. The molecule has 0 bridgehead atoms. The van der Waals surface area contributed by atoms with Crippen molar-refractivity contribution in [3.63, 3.8) is 0 Å². The van der Waals surface area contributed by atoms with Crippen molar-refractivity contribution in [1.29, 1.82) is 0 Å². The first-order chi connectivity index (χ1) is 17.9. The Kier molecular flexibility index (Phi) is 7.51. The maximum atomic E-state index is 14.8. The van der Waals surface area contributed by atoms with E-state index in [4.69, 9.17) is 4.74 Å². The highest BCUT2D eigenvalue weighted by Crippen LogP contribution is 2.42. The van der Waals surface area contributed by atoms with Crippen LogP contribution in [0.3, 0.4) is 0 Å². The Morgan fingerprint density at radius 2 is 1.92 bits per heavy atom. The normalized spacial score (nSPS) is 22.6. The molecule has 1 amide bonds. The maximum absolute atomic E-state index is 14.8. The summed E-state index contributed by atoms with van der Waals surface area (Å²) < 4.78 is 48.8. The van der Waals surface area contributed by atoms with Gasteiger partial charge in [-0.15, -0.1) is 0 Å². The summed E-state index contributed by atoms with van der Waals surface area (Å²) in [4.78, 5) is 36.2. The molecule has 1 saturated heterocycles. The van der Waals surface area contributed by atoms with Gasteiger partial charge in [0.15, 0.2) is 0 Å². The Labute approximate surface area is 218 Å². The number of nitrogens with one attached hydrogen (secondary N) is 1. The lowest BCUT2D eigenvalue weighted by Crippen LogP contribution is -2.56. The number of rotatable bonds is 6. The molecule has 0 aliphatic carbocycles. The van der Waals surface area contributed by atoms with Crippen molar-refractivity contribution < 1.29 is 22.7 Å². The molecule has 1 unspecified atom stereocenters. The molecule has 1 aromatic carbocycles. The third-order valence-corrected chi connectivity index (χ3v) is 7.74. The zero-order valence-corrected chi connectivity index (χ0v) is 22.3. The largest absolute Gasteiger partial charge is 0.373 e. The highest BCUT2D eigenvalue weighted by molar-refractivity contribution is 5.87. The summed E-state index contributed by atoms with van der Waals surface area (Å²) in [5, 5.41) is 3.61. The Bertz CT molecular complexity index is 1430. The van der Waals surface area contributed by atoms with Gasteiger partial charge in [-0.05, 0) is 19.9 Å². The second-order valence-electron chi connectivity index (χ2n) is 10.0. The molecule has 3 heterocycles. The fraction of sp³-hybridized carbons (Fsp3) is 0.481. The third-order valence-electron chi connectivity index (χ3n) is 7.74. The van der Waals surface area contributed by atoms with E-state index < -0.39 is 29.4 Å². The minimum atomic E-state index is -2.94. The van der Waals surface area contributed by atoms with Gasteiger partial charge in [0, 0.05) is 51.6 Å². The molecule has 1 aliphatic heterocycles. The Hall–Kier alpha value is -3.47. The van der Waals surface area contributed by atoms with E-state index in [9.17, 15) is 22.8 Å². The van der Waals surface area contributed by atoms with Crippen LogP contribution >= 0.6 is 0 Å². The summed E-state index contributed by atoms with van der Waals surface area (Å²) in [5.41, 5.74) is -1.14. The van der Waals surface area contributed by atoms with Crippen molar-refractivity contribution in [2.45, 2.75) is 58.2 Å². The van der Waals surface area contributed by atoms with Gasteiger partial charge in [-0.3, -0.25) is 14.2 Å². The van der Waals surface area contributed by atoms with Crippen LogP contribution in [0.1, 0.15) is 63.3 Å². The lowest BCUT2D eigenvalue weighted by Gasteiger charge is -2.48. The molecule has 2 aromatic heterocycles. The van der Waals surface area contributed by atoms with Crippen molar-refractivity contribution in [2.24, 2.45) is 13.0 Å². The predicted molar refractivity (Wildman–Crippen MR) is 137 cm³/mol. The van der Waals surface area contributed by atoms with E-state index in [2.05, 4.69) is 15.3 Å². The summed E-state index contributed by atoms with van der Waals surface area (Å²) in [6.45, 7) is 7.44. The Balaban J connectivity index is 1.83. The molecule has 4 rings (SSSR count). The van der Waals surface area contributed by atoms with Gasteiger partial charge in [-0.2, -0.15) is 0 Å². The fourth-order valence-corrected chi connectivity index (χ4v) is 5.62. The number of alkyl halides is 2. The first-order valence-electron chi connectivity index (χ1n) is 12.4. The molecule has 3 aromatic rings. The van der Waals surface area contributed by atoms with E-state index in [0.717, 1.165) is 6.07 Å². The molecule has 38 heavy (non-hydrogen) atoms. The fourth-order valence-electron chi connectivity index (χ4n) is 5.62. The van der Waals surface area contributed by atoms with Crippen molar-refractivity contribution in [3.8, 4) is 0 Å². The minimum Gasteiger partial charge on any atom is -0.373 e. The number of fused-ring (bicyclic) bond motifs is 1. The summed E-state index contributed by atoms with van der Waals surface area (Å²) in [5.74, 6) is -0.914. The summed E-state index contributed by atoms with van der Waals surface area (Å²) in [7, 11) is 3.15. The van der Waals surface area contributed by atoms with Gasteiger partial charge in [-0.25, -0.2) is 23.1 Å². The van der Waals surface area contributed by atoms with Crippen molar-refractivity contribution in [2.75, 3.05) is 19.0 Å². The first kappa shape index (κ1) is 27.6. The number of methoxy groups -OCH3 is 1. The van der Waals surface area contributed by atoms with Crippen LogP contribution < -0.4 is 10.9 Å². The lowest BCUT2D eigenvalue weighted by atomic mass is 9.74.